The number of ether oxygens (including phenoxy) is 1. The number of rotatable bonds is 5. The third-order valence-electron chi connectivity index (χ3n) is 3.63. The van der Waals surface area contributed by atoms with Crippen molar-refractivity contribution in [2.75, 3.05) is 10.6 Å². The summed E-state index contributed by atoms with van der Waals surface area (Å²) in [5.74, 6) is 0.741. The molecule has 2 amide bonds. The third kappa shape index (κ3) is 5.03. The molecular weight excluding hydrogens is 416 g/mol. The van der Waals surface area contributed by atoms with Gasteiger partial charge < -0.3 is 10.1 Å². The van der Waals surface area contributed by atoms with E-state index in [1.807, 2.05) is 56.3 Å². The Morgan fingerprint density at radius 1 is 1.08 bits per heavy atom. The lowest BCUT2D eigenvalue weighted by Crippen LogP contribution is -2.19. The monoisotopic (exact) mass is 432 g/mol. The van der Waals surface area contributed by atoms with Crippen LogP contribution in [0.1, 0.15) is 16.1 Å². The summed E-state index contributed by atoms with van der Waals surface area (Å²) >= 11 is 4.65. The molecule has 0 bridgehead atoms. The fourth-order valence-corrected chi connectivity index (χ4v) is 3.03. The predicted octanol–water partition coefficient (Wildman–Crippen LogP) is 5.14. The quantitative estimate of drug-likeness (QED) is 0.584. The van der Waals surface area contributed by atoms with Gasteiger partial charge in [-0.05, 0) is 61.4 Å². The van der Waals surface area contributed by atoms with Gasteiger partial charge in [0.15, 0.2) is 5.01 Å². The van der Waals surface area contributed by atoms with E-state index in [2.05, 4.69) is 36.8 Å². The topological polar surface area (TPSA) is 76.1 Å². The Morgan fingerprint density at radius 2 is 1.85 bits per heavy atom. The Kier molecular flexibility index (Phi) is 5.85. The third-order valence-corrected chi connectivity index (χ3v) is 4.97. The summed E-state index contributed by atoms with van der Waals surface area (Å²) in [6.07, 6.45) is 0. The van der Waals surface area contributed by atoms with E-state index >= 15 is 0 Å². The fraction of sp³-hybridized carbons (Fsp3) is 0.167. The van der Waals surface area contributed by atoms with Crippen molar-refractivity contribution >= 4 is 44.1 Å². The average Bonchev–Trinajstić information content (AvgIpc) is 3.05. The van der Waals surface area contributed by atoms with Crippen molar-refractivity contribution in [3.63, 3.8) is 0 Å². The highest BCUT2D eigenvalue weighted by Crippen LogP contribution is 2.20. The molecule has 8 heteroatoms. The molecule has 2 aromatic carbocycles. The van der Waals surface area contributed by atoms with Crippen molar-refractivity contribution < 1.29 is 9.53 Å². The number of amides is 2. The van der Waals surface area contributed by atoms with Gasteiger partial charge in [-0.15, -0.1) is 10.2 Å². The Morgan fingerprint density at radius 3 is 2.58 bits per heavy atom. The van der Waals surface area contributed by atoms with Crippen LogP contribution in [-0.4, -0.2) is 16.2 Å². The van der Waals surface area contributed by atoms with Crippen molar-refractivity contribution in [3.05, 3.63) is 63.1 Å². The van der Waals surface area contributed by atoms with E-state index in [4.69, 9.17) is 4.74 Å². The molecule has 1 aromatic heterocycles. The first-order valence-corrected chi connectivity index (χ1v) is 9.46. The van der Waals surface area contributed by atoms with Crippen molar-refractivity contribution in [1.82, 2.24) is 10.2 Å². The van der Waals surface area contributed by atoms with Crippen LogP contribution in [0.3, 0.4) is 0 Å². The first kappa shape index (κ1) is 18.3. The molecule has 134 valence electrons. The number of nitrogens with one attached hydrogen (secondary N) is 2. The minimum atomic E-state index is -0.357. The number of nitrogens with zero attached hydrogens (tertiary/aromatic N) is 2. The van der Waals surface area contributed by atoms with Crippen LogP contribution in [0.25, 0.3) is 0 Å². The Bertz CT molecular complexity index is 912. The Balaban J connectivity index is 1.53. The fourth-order valence-electron chi connectivity index (χ4n) is 2.12. The number of anilines is 2. The molecular formula is C18H17BrN4O2S. The summed E-state index contributed by atoms with van der Waals surface area (Å²) in [5, 5.41) is 14.6. The molecule has 0 aliphatic heterocycles. The maximum Gasteiger partial charge on any atom is 0.325 e. The van der Waals surface area contributed by atoms with Crippen LogP contribution in [0, 0.1) is 13.8 Å². The number of urea groups is 1. The van der Waals surface area contributed by atoms with Crippen LogP contribution < -0.4 is 15.4 Å². The van der Waals surface area contributed by atoms with E-state index in [1.54, 1.807) is 0 Å². The number of aromatic nitrogens is 2. The number of benzene rings is 2. The summed E-state index contributed by atoms with van der Waals surface area (Å²) < 4.78 is 6.63. The molecule has 0 spiro atoms. The van der Waals surface area contributed by atoms with Gasteiger partial charge in [-0.3, -0.25) is 5.32 Å². The second kappa shape index (κ2) is 8.29. The van der Waals surface area contributed by atoms with Crippen LogP contribution in [0.4, 0.5) is 15.6 Å². The van der Waals surface area contributed by atoms with Crippen molar-refractivity contribution in [2.24, 2.45) is 0 Å². The molecule has 6 nitrogen and oxygen atoms in total. The smallest absolute Gasteiger partial charge is 0.325 e. The molecule has 3 aromatic rings. The van der Waals surface area contributed by atoms with Gasteiger partial charge in [-0.25, -0.2) is 4.79 Å². The van der Waals surface area contributed by atoms with Crippen molar-refractivity contribution in [2.45, 2.75) is 20.5 Å². The molecule has 26 heavy (non-hydrogen) atoms. The zero-order valence-corrected chi connectivity index (χ0v) is 16.6. The SMILES string of the molecule is Cc1ccc(NC(=O)Nc2nnc(COc3ccc(Br)cc3)s2)cc1C. The lowest BCUT2D eigenvalue weighted by atomic mass is 10.1. The van der Waals surface area contributed by atoms with Gasteiger partial charge in [0.25, 0.3) is 0 Å². The lowest BCUT2D eigenvalue weighted by molar-refractivity contribution is 0.262. The van der Waals surface area contributed by atoms with Gasteiger partial charge in [0.2, 0.25) is 5.13 Å². The van der Waals surface area contributed by atoms with Crippen molar-refractivity contribution in [1.29, 1.82) is 0 Å². The maximum absolute atomic E-state index is 12.1. The van der Waals surface area contributed by atoms with E-state index in [9.17, 15) is 4.79 Å². The largest absolute Gasteiger partial charge is 0.486 e. The van der Waals surface area contributed by atoms with Gasteiger partial charge >= 0.3 is 6.03 Å². The number of halogens is 1. The second-order valence-corrected chi connectivity index (χ2v) is 7.60. The summed E-state index contributed by atoms with van der Waals surface area (Å²) in [6.45, 7) is 4.32. The number of hydrogen-bond donors (Lipinski definition) is 2. The standard InChI is InChI=1S/C18H17BrN4O2S/c1-11-3-6-14(9-12(11)2)20-17(24)21-18-23-22-16(26-18)10-25-15-7-4-13(19)5-8-15/h3-9H,10H2,1-2H3,(H2,20,21,23,24). The van der Waals surface area contributed by atoms with Gasteiger partial charge in [-0.2, -0.15) is 0 Å². The first-order valence-electron chi connectivity index (χ1n) is 7.85. The highest BCUT2D eigenvalue weighted by Gasteiger charge is 2.09. The number of hydrogen-bond acceptors (Lipinski definition) is 5. The average molecular weight is 433 g/mol. The van der Waals surface area contributed by atoms with E-state index in [-0.39, 0.29) is 6.03 Å². The minimum absolute atomic E-state index is 0.291. The maximum atomic E-state index is 12.1. The molecule has 0 atom stereocenters. The van der Waals surface area contributed by atoms with Gasteiger partial charge in [0, 0.05) is 10.2 Å². The molecule has 0 unspecified atom stereocenters. The molecule has 3 rings (SSSR count). The zero-order valence-electron chi connectivity index (χ0n) is 14.2. The molecule has 0 radical (unpaired) electrons. The van der Waals surface area contributed by atoms with Crippen LogP contribution >= 0.6 is 27.3 Å². The first-order chi connectivity index (χ1) is 12.5. The lowest BCUT2D eigenvalue weighted by Gasteiger charge is -2.07. The van der Waals surface area contributed by atoms with Crippen LogP contribution in [0.5, 0.6) is 5.75 Å². The van der Waals surface area contributed by atoms with Gasteiger partial charge in [0.05, 0.1) is 0 Å². The van der Waals surface area contributed by atoms with E-state index in [0.29, 0.717) is 16.7 Å². The number of carbonyl (C=O) groups is 1. The van der Waals surface area contributed by atoms with Crippen LogP contribution in [0.15, 0.2) is 46.9 Å². The van der Waals surface area contributed by atoms with Gasteiger partial charge in [0.1, 0.15) is 12.4 Å². The zero-order chi connectivity index (χ0) is 18.5. The van der Waals surface area contributed by atoms with Crippen molar-refractivity contribution in [3.8, 4) is 5.75 Å². The molecule has 0 saturated carbocycles. The normalized spacial score (nSPS) is 10.4. The summed E-state index contributed by atoms with van der Waals surface area (Å²) in [6, 6.07) is 12.9. The number of aryl methyl sites for hydroxylation is 2. The van der Waals surface area contributed by atoms with Crippen LogP contribution in [-0.2, 0) is 6.61 Å². The summed E-state index contributed by atoms with van der Waals surface area (Å²) in [4.78, 5) is 12.1. The molecule has 2 N–H and O–H groups in total. The minimum Gasteiger partial charge on any atom is -0.486 e. The highest BCUT2D eigenvalue weighted by molar-refractivity contribution is 9.10. The Hall–Kier alpha value is -2.45. The van der Waals surface area contributed by atoms with Gasteiger partial charge in [-0.1, -0.05) is 33.3 Å². The van der Waals surface area contributed by atoms with E-state index < -0.39 is 0 Å². The molecule has 1 heterocycles. The highest BCUT2D eigenvalue weighted by atomic mass is 79.9. The van der Waals surface area contributed by atoms with Crippen LogP contribution in [0.2, 0.25) is 0 Å². The van der Waals surface area contributed by atoms with E-state index in [0.717, 1.165) is 21.5 Å². The molecule has 0 aliphatic rings. The summed E-state index contributed by atoms with van der Waals surface area (Å²) in [5.41, 5.74) is 3.02. The van der Waals surface area contributed by atoms with E-state index in [1.165, 1.54) is 16.9 Å². The number of carbonyl (C=O) groups excluding carboxylic acids is 1. The summed E-state index contributed by atoms with van der Waals surface area (Å²) in [7, 11) is 0. The molecule has 0 saturated heterocycles. The molecule has 0 aliphatic carbocycles. The Labute approximate surface area is 163 Å². The second-order valence-electron chi connectivity index (χ2n) is 5.62. The predicted molar refractivity (Wildman–Crippen MR) is 107 cm³/mol. The molecule has 0 fully saturated rings.